The minimum absolute atomic E-state index is 0.0228. The van der Waals surface area contributed by atoms with Crippen molar-refractivity contribution < 1.29 is 17.5 Å². The van der Waals surface area contributed by atoms with Gasteiger partial charge >= 0.3 is 0 Å². The van der Waals surface area contributed by atoms with Crippen LogP contribution in [0.25, 0.3) is 6.08 Å². The average molecular weight is 356 g/mol. The maximum absolute atomic E-state index is 13.3. The van der Waals surface area contributed by atoms with Crippen LogP contribution in [0.5, 0.6) is 5.75 Å². The van der Waals surface area contributed by atoms with Crippen molar-refractivity contribution in [3.63, 3.8) is 0 Å². The molecule has 0 bridgehead atoms. The van der Waals surface area contributed by atoms with Crippen LogP contribution < -0.4 is 9.46 Å². The Balaban J connectivity index is 1.82. The molecule has 0 aliphatic heterocycles. The molecule has 1 N–H and O–H groups in total. The number of nitrogens with one attached hydrogen (secondary N) is 1. The third-order valence-electron chi connectivity index (χ3n) is 2.81. The van der Waals surface area contributed by atoms with Crippen molar-refractivity contribution in [3.8, 4) is 5.75 Å². The molecule has 4 nitrogen and oxygen atoms in total. The fourth-order valence-corrected chi connectivity index (χ4v) is 2.62. The first-order chi connectivity index (χ1) is 11.0. The molecular weight excluding hydrogens is 341 g/mol. The highest BCUT2D eigenvalue weighted by Crippen LogP contribution is 2.15. The molecule has 0 unspecified atom stereocenters. The lowest BCUT2D eigenvalue weighted by Crippen LogP contribution is -2.26. The summed E-state index contributed by atoms with van der Waals surface area (Å²) in [5.41, 5.74) is 0.711. The number of halogens is 2. The van der Waals surface area contributed by atoms with Gasteiger partial charge < -0.3 is 4.74 Å². The van der Waals surface area contributed by atoms with Crippen molar-refractivity contribution in [1.29, 1.82) is 0 Å². The second kappa shape index (κ2) is 8.10. The lowest BCUT2D eigenvalue weighted by atomic mass is 10.2. The van der Waals surface area contributed by atoms with E-state index in [0.717, 1.165) is 5.41 Å². The molecule has 23 heavy (non-hydrogen) atoms. The second-order valence-corrected chi connectivity index (χ2v) is 6.66. The van der Waals surface area contributed by atoms with E-state index >= 15 is 0 Å². The summed E-state index contributed by atoms with van der Waals surface area (Å²) in [6.45, 7) is 0.0522. The minimum atomic E-state index is -3.59. The van der Waals surface area contributed by atoms with Crippen molar-refractivity contribution in [3.05, 3.63) is 70.3 Å². The molecule has 0 aliphatic rings. The van der Waals surface area contributed by atoms with Crippen molar-refractivity contribution in [2.45, 2.75) is 0 Å². The number of rotatable bonds is 7. The van der Waals surface area contributed by atoms with Crippen LogP contribution in [-0.4, -0.2) is 21.6 Å². The summed E-state index contributed by atoms with van der Waals surface area (Å²) in [6, 6.07) is 12.7. The van der Waals surface area contributed by atoms with E-state index in [-0.39, 0.29) is 18.9 Å². The van der Waals surface area contributed by atoms with Gasteiger partial charge in [-0.3, -0.25) is 0 Å². The zero-order valence-electron chi connectivity index (χ0n) is 12.1. The van der Waals surface area contributed by atoms with E-state index in [1.165, 1.54) is 18.2 Å². The van der Waals surface area contributed by atoms with E-state index in [4.69, 9.17) is 16.3 Å². The van der Waals surface area contributed by atoms with Crippen molar-refractivity contribution in [2.75, 3.05) is 13.2 Å². The van der Waals surface area contributed by atoms with Gasteiger partial charge in [0.05, 0.1) is 0 Å². The van der Waals surface area contributed by atoms with E-state index < -0.39 is 15.8 Å². The molecule has 2 aromatic rings. The van der Waals surface area contributed by atoms with Crippen LogP contribution in [0.1, 0.15) is 5.56 Å². The van der Waals surface area contributed by atoms with E-state index in [0.29, 0.717) is 10.6 Å². The fraction of sp³-hybridized carbons (Fsp3) is 0.125. The van der Waals surface area contributed by atoms with Gasteiger partial charge in [-0.2, -0.15) is 0 Å². The second-order valence-electron chi connectivity index (χ2n) is 4.57. The summed E-state index contributed by atoms with van der Waals surface area (Å²) in [5.74, 6) is -0.401. The van der Waals surface area contributed by atoms with E-state index in [9.17, 15) is 12.8 Å². The molecule has 0 aromatic heterocycles. The first-order valence-electron chi connectivity index (χ1n) is 6.77. The van der Waals surface area contributed by atoms with Gasteiger partial charge in [0, 0.05) is 17.0 Å². The van der Waals surface area contributed by atoms with Crippen molar-refractivity contribution in [2.24, 2.45) is 0 Å². The highest BCUT2D eigenvalue weighted by molar-refractivity contribution is 7.92. The summed E-state index contributed by atoms with van der Waals surface area (Å²) in [5, 5.41) is 1.63. The molecule has 0 amide bonds. The molecule has 0 saturated heterocycles. The zero-order valence-corrected chi connectivity index (χ0v) is 13.6. The summed E-state index contributed by atoms with van der Waals surface area (Å²) in [6.07, 6.45) is 1.45. The van der Waals surface area contributed by atoms with Crippen LogP contribution in [-0.2, 0) is 10.0 Å². The normalized spacial score (nSPS) is 11.7. The van der Waals surface area contributed by atoms with Crippen LogP contribution in [0.15, 0.2) is 53.9 Å². The van der Waals surface area contributed by atoms with Crippen molar-refractivity contribution in [1.82, 2.24) is 4.72 Å². The maximum atomic E-state index is 13.3. The molecule has 0 spiro atoms. The number of benzene rings is 2. The van der Waals surface area contributed by atoms with Crippen LogP contribution in [0.3, 0.4) is 0 Å². The van der Waals surface area contributed by atoms with Gasteiger partial charge in [-0.15, -0.1) is 0 Å². The number of sulfonamides is 1. The molecule has 2 rings (SSSR count). The molecule has 0 aliphatic carbocycles. The molecule has 0 saturated carbocycles. The molecular formula is C16H15ClFNO3S. The molecule has 7 heteroatoms. The fourth-order valence-electron chi connectivity index (χ4n) is 1.70. The summed E-state index contributed by atoms with van der Waals surface area (Å²) < 4.78 is 44.4. The van der Waals surface area contributed by atoms with Crippen LogP contribution in [0, 0.1) is 5.82 Å². The Hall–Kier alpha value is -1.89. The molecule has 2 aromatic carbocycles. The highest BCUT2D eigenvalue weighted by atomic mass is 35.5. The lowest BCUT2D eigenvalue weighted by Gasteiger charge is -2.07. The van der Waals surface area contributed by atoms with Gasteiger partial charge in [-0.1, -0.05) is 35.9 Å². The number of ether oxygens (including phenoxy) is 1. The lowest BCUT2D eigenvalue weighted by molar-refractivity contribution is 0.306. The third-order valence-corrected chi connectivity index (χ3v) is 4.16. The highest BCUT2D eigenvalue weighted by Gasteiger charge is 2.05. The molecule has 0 radical (unpaired) electrons. The number of hydrogen-bond donors (Lipinski definition) is 1. The smallest absolute Gasteiger partial charge is 0.233 e. The largest absolute Gasteiger partial charge is 0.489 e. The molecule has 0 fully saturated rings. The Labute approximate surface area is 139 Å². The Kier molecular flexibility index (Phi) is 6.15. The van der Waals surface area contributed by atoms with E-state index in [2.05, 4.69) is 4.72 Å². The monoisotopic (exact) mass is 355 g/mol. The zero-order chi connectivity index (χ0) is 16.7. The average Bonchev–Trinajstić information content (AvgIpc) is 2.53. The van der Waals surface area contributed by atoms with E-state index in [1.807, 2.05) is 0 Å². The van der Waals surface area contributed by atoms with Gasteiger partial charge in [0.15, 0.2) is 11.6 Å². The standard InChI is InChI=1S/C16H15ClFNO3S/c17-14-7-5-13(6-8-14)9-12-23(20,21)19-10-11-22-16-4-2-1-3-15(16)18/h1-9,12,19H,10-11H2/b12-9+. The summed E-state index contributed by atoms with van der Waals surface area (Å²) in [4.78, 5) is 0. The van der Waals surface area contributed by atoms with Crippen LogP contribution in [0.2, 0.25) is 5.02 Å². The van der Waals surface area contributed by atoms with E-state index in [1.54, 1.807) is 36.4 Å². The SMILES string of the molecule is O=S(=O)(/C=C/c1ccc(Cl)cc1)NCCOc1ccccc1F. The first-order valence-corrected chi connectivity index (χ1v) is 8.69. The molecule has 0 heterocycles. The van der Waals surface area contributed by atoms with Gasteiger partial charge in [-0.25, -0.2) is 17.5 Å². The Morgan fingerprint density at radius 2 is 1.83 bits per heavy atom. The predicted octanol–water partition coefficient (Wildman–Crippen LogP) is 3.45. The molecule has 0 atom stereocenters. The number of hydrogen-bond acceptors (Lipinski definition) is 3. The minimum Gasteiger partial charge on any atom is -0.489 e. The Morgan fingerprint density at radius 1 is 1.13 bits per heavy atom. The Morgan fingerprint density at radius 3 is 2.52 bits per heavy atom. The number of para-hydroxylation sites is 1. The van der Waals surface area contributed by atoms with Crippen molar-refractivity contribution >= 4 is 27.7 Å². The summed E-state index contributed by atoms with van der Waals surface area (Å²) in [7, 11) is -3.59. The molecule has 122 valence electrons. The van der Waals surface area contributed by atoms with Crippen LogP contribution >= 0.6 is 11.6 Å². The Bertz CT molecular complexity index is 776. The van der Waals surface area contributed by atoms with Crippen LogP contribution in [0.4, 0.5) is 4.39 Å². The maximum Gasteiger partial charge on any atom is 0.233 e. The quantitative estimate of drug-likeness (QED) is 0.774. The topological polar surface area (TPSA) is 55.4 Å². The van der Waals surface area contributed by atoms with Gasteiger partial charge in [0.1, 0.15) is 6.61 Å². The van der Waals surface area contributed by atoms with Gasteiger partial charge in [0.25, 0.3) is 0 Å². The first kappa shape index (κ1) is 17.5. The van der Waals surface area contributed by atoms with Gasteiger partial charge in [-0.05, 0) is 35.9 Å². The predicted molar refractivity (Wildman–Crippen MR) is 89.3 cm³/mol. The summed E-state index contributed by atoms with van der Waals surface area (Å²) >= 11 is 5.75. The van der Waals surface area contributed by atoms with Gasteiger partial charge in [0.2, 0.25) is 10.0 Å². The third kappa shape index (κ3) is 6.02.